The Morgan fingerprint density at radius 1 is 0.814 bits per heavy atom. The van der Waals surface area contributed by atoms with Crippen molar-refractivity contribution in [2.75, 3.05) is 5.32 Å². The predicted molar refractivity (Wildman–Crippen MR) is 140 cm³/mol. The highest BCUT2D eigenvalue weighted by Gasteiger charge is 2.38. The summed E-state index contributed by atoms with van der Waals surface area (Å²) < 4.78 is 65.2. The molecular formula is C26H19F6N7O4. The van der Waals surface area contributed by atoms with Crippen molar-refractivity contribution >= 4 is 34.5 Å². The second-order valence-electron chi connectivity index (χ2n) is 8.17. The molecule has 2 aromatic carbocycles. The molecule has 3 heterocycles. The number of aromatic nitrogens is 6. The van der Waals surface area contributed by atoms with Crippen molar-refractivity contribution in [3.05, 3.63) is 85.2 Å². The molecule has 0 atom stereocenters. The van der Waals surface area contributed by atoms with E-state index < -0.39 is 24.3 Å². The molecule has 5 rings (SSSR count). The van der Waals surface area contributed by atoms with Crippen molar-refractivity contribution in [1.29, 1.82) is 0 Å². The lowest BCUT2D eigenvalue weighted by Crippen LogP contribution is -2.21. The second-order valence-corrected chi connectivity index (χ2v) is 8.17. The largest absolute Gasteiger partial charge is 0.490 e. The fourth-order valence-corrected chi connectivity index (χ4v) is 3.12. The van der Waals surface area contributed by atoms with Crippen molar-refractivity contribution in [2.24, 2.45) is 0 Å². The van der Waals surface area contributed by atoms with E-state index in [4.69, 9.17) is 24.8 Å². The van der Waals surface area contributed by atoms with Gasteiger partial charge in [-0.05, 0) is 37.3 Å². The van der Waals surface area contributed by atoms with Crippen molar-refractivity contribution in [2.45, 2.75) is 19.3 Å². The lowest BCUT2D eigenvalue weighted by Gasteiger charge is -2.09. The molecule has 0 saturated carbocycles. The number of aliphatic carboxylic acids is 2. The van der Waals surface area contributed by atoms with Crippen LogP contribution in [0.2, 0.25) is 0 Å². The van der Waals surface area contributed by atoms with Gasteiger partial charge in [0, 0.05) is 29.0 Å². The molecule has 0 aliphatic heterocycles. The highest BCUT2D eigenvalue weighted by atomic mass is 19.4. The van der Waals surface area contributed by atoms with E-state index in [2.05, 4.69) is 25.4 Å². The van der Waals surface area contributed by atoms with Crippen LogP contribution in [0.15, 0.2) is 79.4 Å². The number of nitrogens with one attached hydrogen (secondary N) is 1. The first-order valence-corrected chi connectivity index (χ1v) is 11.7. The molecule has 17 heteroatoms. The van der Waals surface area contributed by atoms with E-state index in [0.717, 1.165) is 39.4 Å². The van der Waals surface area contributed by atoms with Crippen molar-refractivity contribution < 1.29 is 46.1 Å². The second kappa shape index (κ2) is 13.4. The fourth-order valence-electron chi connectivity index (χ4n) is 3.12. The van der Waals surface area contributed by atoms with E-state index in [1.54, 1.807) is 17.2 Å². The Bertz CT molecular complexity index is 1670. The minimum atomic E-state index is -5.08. The van der Waals surface area contributed by atoms with Gasteiger partial charge >= 0.3 is 24.3 Å². The number of fused-ring (bicyclic) bond motifs is 1. The lowest BCUT2D eigenvalue weighted by molar-refractivity contribution is -0.193. The van der Waals surface area contributed by atoms with Gasteiger partial charge in [0.1, 0.15) is 17.7 Å². The van der Waals surface area contributed by atoms with Gasteiger partial charge in [0.25, 0.3) is 0 Å². The molecule has 0 fully saturated rings. The number of hydrogen-bond donors (Lipinski definition) is 3. The van der Waals surface area contributed by atoms with E-state index in [0.29, 0.717) is 5.95 Å². The highest BCUT2D eigenvalue weighted by molar-refractivity contribution is 5.91. The molecule has 11 nitrogen and oxygen atoms in total. The number of carboxylic acids is 2. The average molecular weight is 607 g/mol. The number of benzene rings is 2. The van der Waals surface area contributed by atoms with Crippen LogP contribution in [-0.2, 0) is 9.59 Å². The Morgan fingerprint density at radius 2 is 1.40 bits per heavy atom. The number of nitrogens with zero attached hydrogens (tertiary/aromatic N) is 6. The van der Waals surface area contributed by atoms with Crippen LogP contribution in [0.3, 0.4) is 0 Å². The number of rotatable bonds is 4. The minimum absolute atomic E-state index is 0.520. The van der Waals surface area contributed by atoms with Crippen LogP contribution in [0.25, 0.3) is 27.8 Å². The molecule has 0 amide bonds. The van der Waals surface area contributed by atoms with Gasteiger partial charge < -0.3 is 15.5 Å². The summed E-state index contributed by atoms with van der Waals surface area (Å²) in [6, 6.07) is 19.8. The molecule has 0 unspecified atom stereocenters. The average Bonchev–Trinajstić information content (AvgIpc) is 3.39. The summed E-state index contributed by atoms with van der Waals surface area (Å²) in [5.74, 6) is -4.26. The summed E-state index contributed by atoms with van der Waals surface area (Å²) in [7, 11) is 0. The Labute approximate surface area is 237 Å². The van der Waals surface area contributed by atoms with E-state index in [1.165, 1.54) is 0 Å². The van der Waals surface area contributed by atoms with Gasteiger partial charge in [0.05, 0.1) is 11.4 Å². The van der Waals surface area contributed by atoms with Gasteiger partial charge in [-0.3, -0.25) is 4.98 Å². The van der Waals surface area contributed by atoms with E-state index in [-0.39, 0.29) is 0 Å². The zero-order valence-electron chi connectivity index (χ0n) is 21.7. The maximum atomic E-state index is 10.6. The van der Waals surface area contributed by atoms with Crippen molar-refractivity contribution in [3.8, 4) is 16.9 Å². The molecule has 3 aromatic heterocycles. The van der Waals surface area contributed by atoms with Gasteiger partial charge in [-0.2, -0.15) is 31.4 Å². The van der Waals surface area contributed by atoms with E-state index >= 15 is 0 Å². The number of halogens is 6. The summed E-state index contributed by atoms with van der Waals surface area (Å²) in [4.78, 5) is 35.6. The first kappa shape index (κ1) is 31.9. The molecule has 224 valence electrons. The van der Waals surface area contributed by atoms with Crippen LogP contribution in [0, 0.1) is 6.92 Å². The highest BCUT2D eigenvalue weighted by Crippen LogP contribution is 2.26. The SMILES string of the molecule is Cc1ncn(-c2ccc(Nc3ncc4ccnc(-c5ccccc5)c4n3)cc2)n1.O=C(O)C(F)(F)F.O=C(O)C(F)(F)F. The van der Waals surface area contributed by atoms with Crippen molar-refractivity contribution in [1.82, 2.24) is 29.7 Å². The molecule has 5 aromatic rings. The molecule has 0 saturated heterocycles. The van der Waals surface area contributed by atoms with Gasteiger partial charge in [0.15, 0.2) is 0 Å². The summed E-state index contributed by atoms with van der Waals surface area (Å²) in [6.07, 6.45) is -4.88. The Kier molecular flexibility index (Phi) is 9.92. The third-order valence-corrected chi connectivity index (χ3v) is 5.03. The number of alkyl halides is 6. The standard InChI is InChI=1S/C22H17N7.2C2HF3O2/c1-15-25-14-29(28-15)19-9-7-18(8-10-19)26-22-24-13-17-11-12-23-20(21(17)27-22)16-5-3-2-4-6-16;2*3-2(4,5)1(6)7/h2-14H,1H3,(H,24,26,27);2*(H,6,7). The summed E-state index contributed by atoms with van der Waals surface area (Å²) in [5, 5.41) is 22.8. The Balaban J connectivity index is 0.000000303. The van der Waals surface area contributed by atoms with Crippen LogP contribution >= 0.6 is 0 Å². The predicted octanol–water partition coefficient (Wildman–Crippen LogP) is 5.59. The fraction of sp³-hybridized carbons (Fsp3) is 0.115. The van der Waals surface area contributed by atoms with Gasteiger partial charge in [-0.15, -0.1) is 0 Å². The number of pyridine rings is 1. The molecule has 43 heavy (non-hydrogen) atoms. The maximum absolute atomic E-state index is 10.6. The lowest BCUT2D eigenvalue weighted by atomic mass is 10.1. The van der Waals surface area contributed by atoms with Crippen LogP contribution in [-0.4, -0.2) is 64.2 Å². The van der Waals surface area contributed by atoms with E-state index in [1.807, 2.05) is 73.8 Å². The number of carboxylic acid groups (broad SMARTS) is 2. The quantitative estimate of drug-likeness (QED) is 0.220. The molecule has 0 spiro atoms. The zero-order chi connectivity index (χ0) is 31.8. The normalized spacial score (nSPS) is 11.0. The summed E-state index contributed by atoms with van der Waals surface area (Å²) >= 11 is 0. The first-order chi connectivity index (χ1) is 20.1. The zero-order valence-corrected chi connectivity index (χ0v) is 21.7. The third kappa shape index (κ3) is 9.20. The summed E-state index contributed by atoms with van der Waals surface area (Å²) in [6.45, 7) is 1.86. The third-order valence-electron chi connectivity index (χ3n) is 5.03. The van der Waals surface area contributed by atoms with Gasteiger partial charge in [-0.25, -0.2) is 29.2 Å². The molecule has 0 bridgehead atoms. The molecule has 0 aliphatic carbocycles. The molecule has 0 aliphatic rings. The molecule has 0 radical (unpaired) electrons. The number of aryl methyl sites for hydroxylation is 1. The van der Waals surface area contributed by atoms with Crippen molar-refractivity contribution in [3.63, 3.8) is 0 Å². The molecule has 3 N–H and O–H groups in total. The number of carbonyl (C=O) groups is 2. The number of hydrogen-bond acceptors (Lipinski definition) is 8. The van der Waals surface area contributed by atoms with Gasteiger partial charge in [0.2, 0.25) is 5.95 Å². The Morgan fingerprint density at radius 3 is 1.91 bits per heavy atom. The maximum Gasteiger partial charge on any atom is 0.490 e. The summed E-state index contributed by atoms with van der Waals surface area (Å²) in [5.41, 5.74) is 4.49. The van der Waals surface area contributed by atoms with Crippen LogP contribution in [0.1, 0.15) is 5.82 Å². The smallest absolute Gasteiger partial charge is 0.475 e. The minimum Gasteiger partial charge on any atom is -0.475 e. The van der Waals surface area contributed by atoms with Gasteiger partial charge in [-0.1, -0.05) is 30.3 Å². The first-order valence-electron chi connectivity index (χ1n) is 11.7. The van der Waals surface area contributed by atoms with E-state index in [9.17, 15) is 26.3 Å². The van der Waals surface area contributed by atoms with Crippen LogP contribution < -0.4 is 5.32 Å². The topological polar surface area (TPSA) is 156 Å². The number of anilines is 2. The van der Waals surface area contributed by atoms with Crippen LogP contribution in [0.5, 0.6) is 0 Å². The Hall–Kier alpha value is -5.61. The molecular weight excluding hydrogens is 588 g/mol. The monoisotopic (exact) mass is 607 g/mol. The van der Waals surface area contributed by atoms with Crippen LogP contribution in [0.4, 0.5) is 38.0 Å².